The predicted octanol–water partition coefficient (Wildman–Crippen LogP) is 4.17. The van der Waals surface area contributed by atoms with Crippen LogP contribution in [0.15, 0.2) is 12.1 Å². The normalized spacial score (nSPS) is 12.9. The highest BCUT2D eigenvalue weighted by atomic mass is 35.5. The second kappa shape index (κ2) is 4.29. The maximum atomic E-state index is 12.4. The van der Waals surface area contributed by atoms with Gasteiger partial charge in [0.05, 0.1) is 17.0 Å². The van der Waals surface area contributed by atoms with Crippen molar-refractivity contribution in [2.45, 2.75) is 18.2 Å². The molecule has 1 nitrogen and oxygen atoms in total. The second-order valence-electron chi connectivity index (χ2n) is 3.16. The van der Waals surface area contributed by atoms with Crippen molar-refractivity contribution in [2.24, 2.45) is 0 Å². The molecule has 0 amide bonds. The van der Waals surface area contributed by atoms with Gasteiger partial charge in [-0.1, -0.05) is 0 Å². The molecule has 0 bridgehead atoms. The number of phenols is 1. The number of hydrogen-bond donors (Lipinski definition) is 1. The van der Waals surface area contributed by atoms with Crippen molar-refractivity contribution in [1.29, 1.82) is 0 Å². The SMILES string of the molecule is Oc1cc(C(F)(F)F)c(C(F)(F)F)cc1CCl. The molecule has 0 aliphatic heterocycles. The lowest BCUT2D eigenvalue weighted by atomic mass is 10.0. The van der Waals surface area contributed by atoms with Crippen LogP contribution >= 0.6 is 11.6 Å². The number of rotatable bonds is 1. The van der Waals surface area contributed by atoms with Gasteiger partial charge < -0.3 is 5.11 Å². The molecular weight excluding hydrogens is 274 g/mol. The van der Waals surface area contributed by atoms with E-state index in [9.17, 15) is 26.3 Å². The molecule has 0 fully saturated rings. The minimum absolute atomic E-state index is 0.0283. The Labute approximate surface area is 96.6 Å². The fourth-order valence-corrected chi connectivity index (χ4v) is 1.42. The Balaban J connectivity index is 3.54. The van der Waals surface area contributed by atoms with Gasteiger partial charge in [-0.25, -0.2) is 0 Å². The van der Waals surface area contributed by atoms with Crippen molar-refractivity contribution in [3.05, 3.63) is 28.8 Å². The molecule has 0 atom stereocenters. The molecule has 0 unspecified atom stereocenters. The van der Waals surface area contributed by atoms with Gasteiger partial charge in [0.1, 0.15) is 5.75 Å². The van der Waals surface area contributed by atoms with Crippen LogP contribution in [0.25, 0.3) is 0 Å². The molecule has 0 spiro atoms. The third-order valence-corrected chi connectivity index (χ3v) is 2.26. The quantitative estimate of drug-likeness (QED) is 0.604. The van der Waals surface area contributed by atoms with Gasteiger partial charge in [-0.05, 0) is 12.1 Å². The summed E-state index contributed by atoms with van der Waals surface area (Å²) >= 11 is 5.21. The highest BCUT2D eigenvalue weighted by Crippen LogP contribution is 2.43. The number of hydrogen-bond acceptors (Lipinski definition) is 1. The predicted molar refractivity (Wildman–Crippen MR) is 47.7 cm³/mol. The van der Waals surface area contributed by atoms with Gasteiger partial charge in [0.15, 0.2) is 0 Å². The van der Waals surface area contributed by atoms with Crippen LogP contribution in [0, 0.1) is 0 Å². The van der Waals surface area contributed by atoms with Gasteiger partial charge in [-0.2, -0.15) is 26.3 Å². The minimum atomic E-state index is -5.20. The van der Waals surface area contributed by atoms with Crippen LogP contribution in [0.2, 0.25) is 0 Å². The molecule has 0 saturated heterocycles. The Kier molecular flexibility index (Phi) is 3.52. The molecule has 0 aliphatic carbocycles. The van der Waals surface area contributed by atoms with Gasteiger partial charge in [-0.3, -0.25) is 0 Å². The minimum Gasteiger partial charge on any atom is -0.508 e. The van der Waals surface area contributed by atoms with Crippen molar-refractivity contribution in [1.82, 2.24) is 0 Å². The maximum Gasteiger partial charge on any atom is 0.417 e. The van der Waals surface area contributed by atoms with Crippen molar-refractivity contribution in [2.75, 3.05) is 0 Å². The fraction of sp³-hybridized carbons (Fsp3) is 0.333. The summed E-state index contributed by atoms with van der Waals surface area (Å²) in [4.78, 5) is 0. The molecular formula is C9H5ClF6O. The molecule has 1 aromatic carbocycles. The molecule has 0 heterocycles. The third kappa shape index (κ3) is 2.96. The Hall–Kier alpha value is -1.11. The molecule has 17 heavy (non-hydrogen) atoms. The Morgan fingerprint density at radius 3 is 1.71 bits per heavy atom. The first-order valence-corrected chi connectivity index (χ1v) is 4.67. The van der Waals surface area contributed by atoms with E-state index in [1.165, 1.54) is 0 Å². The van der Waals surface area contributed by atoms with Gasteiger partial charge >= 0.3 is 12.4 Å². The van der Waals surface area contributed by atoms with Crippen molar-refractivity contribution in [3.8, 4) is 5.75 Å². The molecule has 1 rings (SSSR count). The molecule has 1 N–H and O–H groups in total. The largest absolute Gasteiger partial charge is 0.508 e. The topological polar surface area (TPSA) is 20.2 Å². The van der Waals surface area contributed by atoms with E-state index < -0.39 is 40.7 Å². The average Bonchev–Trinajstić information content (AvgIpc) is 2.14. The average molecular weight is 279 g/mol. The molecule has 96 valence electrons. The lowest BCUT2D eigenvalue weighted by molar-refractivity contribution is -0.162. The van der Waals surface area contributed by atoms with E-state index in [2.05, 4.69) is 0 Å². The smallest absolute Gasteiger partial charge is 0.417 e. The van der Waals surface area contributed by atoms with Crippen LogP contribution in [0.4, 0.5) is 26.3 Å². The number of aromatic hydroxyl groups is 1. The van der Waals surface area contributed by atoms with Crippen molar-refractivity contribution in [3.63, 3.8) is 0 Å². The first-order valence-electron chi connectivity index (χ1n) is 4.13. The van der Waals surface area contributed by atoms with E-state index in [0.29, 0.717) is 0 Å². The van der Waals surface area contributed by atoms with E-state index in [0.717, 1.165) is 0 Å². The summed E-state index contributed by atoms with van der Waals surface area (Å²) in [5.41, 5.74) is -4.21. The molecule has 0 aromatic heterocycles. The molecule has 0 radical (unpaired) electrons. The van der Waals surface area contributed by atoms with Crippen molar-refractivity contribution < 1.29 is 31.4 Å². The Morgan fingerprint density at radius 2 is 1.35 bits per heavy atom. The fourth-order valence-electron chi connectivity index (χ4n) is 1.21. The summed E-state index contributed by atoms with van der Waals surface area (Å²) in [7, 11) is 0. The zero-order chi connectivity index (χ0) is 13.4. The van der Waals surface area contributed by atoms with E-state index in [4.69, 9.17) is 16.7 Å². The molecule has 8 heteroatoms. The summed E-state index contributed by atoms with van der Waals surface area (Å²) in [6.07, 6.45) is -10.4. The number of phenolic OH excluding ortho intramolecular Hbond substituents is 1. The Bertz CT molecular complexity index is 423. The van der Waals surface area contributed by atoms with Crippen LogP contribution < -0.4 is 0 Å². The van der Waals surface area contributed by atoms with Crippen LogP contribution in [0.5, 0.6) is 5.75 Å². The summed E-state index contributed by atoms with van der Waals surface area (Å²) in [6, 6.07) is 0.228. The summed E-state index contributed by atoms with van der Waals surface area (Å²) in [6.45, 7) is 0. The van der Waals surface area contributed by atoms with E-state index >= 15 is 0 Å². The number of benzene rings is 1. The van der Waals surface area contributed by atoms with Crippen molar-refractivity contribution >= 4 is 11.6 Å². The first kappa shape index (κ1) is 14.0. The molecule has 0 aliphatic rings. The highest BCUT2D eigenvalue weighted by Gasteiger charge is 2.43. The molecule has 1 aromatic rings. The van der Waals surface area contributed by atoms with Gasteiger partial charge in [-0.15, -0.1) is 11.6 Å². The lowest BCUT2D eigenvalue weighted by Gasteiger charge is -2.17. The highest BCUT2D eigenvalue weighted by molar-refractivity contribution is 6.17. The van der Waals surface area contributed by atoms with E-state index in [1.54, 1.807) is 0 Å². The summed E-state index contributed by atoms with van der Waals surface area (Å²) in [5, 5.41) is 9.09. The summed E-state index contributed by atoms with van der Waals surface area (Å²) < 4.78 is 74.3. The molecule has 0 saturated carbocycles. The van der Waals surface area contributed by atoms with E-state index in [-0.39, 0.29) is 12.1 Å². The van der Waals surface area contributed by atoms with Crippen LogP contribution in [0.1, 0.15) is 16.7 Å². The van der Waals surface area contributed by atoms with Crippen LogP contribution in [-0.2, 0) is 18.2 Å². The standard InChI is InChI=1S/C9H5ClF6O/c10-3-4-1-5(8(11,12)13)6(2-7(4)17)9(14,15)16/h1-2,17H,3H2. The van der Waals surface area contributed by atoms with Crippen LogP contribution in [-0.4, -0.2) is 5.11 Å². The van der Waals surface area contributed by atoms with Gasteiger partial charge in [0.25, 0.3) is 0 Å². The number of alkyl halides is 7. The zero-order valence-electron chi connectivity index (χ0n) is 7.95. The lowest BCUT2D eigenvalue weighted by Crippen LogP contribution is -2.16. The first-order chi connectivity index (χ1) is 7.57. The zero-order valence-corrected chi connectivity index (χ0v) is 8.71. The number of halogens is 7. The second-order valence-corrected chi connectivity index (χ2v) is 3.42. The van der Waals surface area contributed by atoms with Gasteiger partial charge in [0, 0.05) is 5.56 Å². The third-order valence-electron chi connectivity index (χ3n) is 1.97. The van der Waals surface area contributed by atoms with E-state index in [1.807, 2.05) is 0 Å². The maximum absolute atomic E-state index is 12.4. The van der Waals surface area contributed by atoms with Gasteiger partial charge in [0.2, 0.25) is 0 Å². The monoisotopic (exact) mass is 278 g/mol. The van der Waals surface area contributed by atoms with Crippen LogP contribution in [0.3, 0.4) is 0 Å². The summed E-state index contributed by atoms with van der Waals surface area (Å²) in [5.74, 6) is -1.44. The Morgan fingerprint density at radius 1 is 0.941 bits per heavy atom.